The van der Waals surface area contributed by atoms with Crippen molar-refractivity contribution in [3.8, 4) is 0 Å². The Bertz CT molecular complexity index is 891. The molecule has 0 saturated heterocycles. The number of allylic oxidation sites excluding steroid dienone is 1. The van der Waals surface area contributed by atoms with Crippen LogP contribution in [-0.2, 0) is 18.3 Å². The number of nitrogens with two attached hydrogens (primary N) is 1. The van der Waals surface area contributed by atoms with Crippen LogP contribution in [0, 0.1) is 5.92 Å². The van der Waals surface area contributed by atoms with Crippen LogP contribution in [0.1, 0.15) is 75.6 Å². The predicted molar refractivity (Wildman–Crippen MR) is 134 cm³/mol. The first-order chi connectivity index (χ1) is 14.9. The molecule has 2 nitrogen and oxygen atoms in total. The second-order valence-electron chi connectivity index (χ2n) is 10.6. The van der Waals surface area contributed by atoms with E-state index >= 15 is 0 Å². The van der Waals surface area contributed by atoms with Crippen LogP contribution in [0.5, 0.6) is 0 Å². The van der Waals surface area contributed by atoms with Crippen molar-refractivity contribution in [1.82, 2.24) is 0 Å². The molecule has 2 heterocycles. The van der Waals surface area contributed by atoms with Gasteiger partial charge < -0.3 is 10.2 Å². The van der Waals surface area contributed by atoms with E-state index in [0.717, 1.165) is 18.9 Å². The van der Waals surface area contributed by atoms with Crippen molar-refractivity contribution in [1.29, 1.82) is 0 Å². The fourth-order valence-corrected chi connectivity index (χ4v) is 5.39. The molecular formula is C29H41N2+. The van der Waals surface area contributed by atoms with Crippen LogP contribution in [0.2, 0.25) is 0 Å². The zero-order valence-corrected chi connectivity index (χ0v) is 20.1. The second-order valence-corrected chi connectivity index (χ2v) is 10.6. The molecule has 2 N–H and O–H groups in total. The van der Waals surface area contributed by atoms with Crippen LogP contribution in [0.15, 0.2) is 42.5 Å². The van der Waals surface area contributed by atoms with Gasteiger partial charge >= 0.3 is 0 Å². The van der Waals surface area contributed by atoms with E-state index in [9.17, 15) is 0 Å². The van der Waals surface area contributed by atoms with Crippen molar-refractivity contribution in [2.75, 3.05) is 24.5 Å². The van der Waals surface area contributed by atoms with E-state index in [4.69, 9.17) is 0 Å². The number of quaternary nitrogens is 1. The smallest absolute Gasteiger partial charge is 0.133 e. The molecule has 2 aliphatic rings. The van der Waals surface area contributed by atoms with Gasteiger partial charge in [-0.3, -0.25) is 0 Å². The summed E-state index contributed by atoms with van der Waals surface area (Å²) in [6.45, 7) is 13.0. The van der Waals surface area contributed by atoms with Gasteiger partial charge in [0.1, 0.15) is 5.69 Å². The van der Waals surface area contributed by atoms with E-state index < -0.39 is 0 Å². The Balaban J connectivity index is 1.48. The van der Waals surface area contributed by atoms with Crippen LogP contribution in [0.25, 0.3) is 6.08 Å². The van der Waals surface area contributed by atoms with Gasteiger partial charge in [-0.2, -0.15) is 0 Å². The molecule has 0 aromatic heterocycles. The van der Waals surface area contributed by atoms with Gasteiger partial charge in [0.15, 0.2) is 0 Å². The van der Waals surface area contributed by atoms with Gasteiger partial charge in [-0.1, -0.05) is 58.0 Å². The number of benzene rings is 2. The molecule has 0 amide bonds. The minimum absolute atomic E-state index is 0.126. The fraction of sp³-hybridized carbons (Fsp3) is 0.517. The zero-order valence-electron chi connectivity index (χ0n) is 20.1. The van der Waals surface area contributed by atoms with Gasteiger partial charge in [0.2, 0.25) is 0 Å². The highest BCUT2D eigenvalue weighted by molar-refractivity contribution is 5.68. The summed E-state index contributed by atoms with van der Waals surface area (Å²) in [5.74, 6) is 0.758. The Morgan fingerprint density at radius 2 is 1.71 bits per heavy atom. The van der Waals surface area contributed by atoms with E-state index in [-0.39, 0.29) is 5.41 Å². The molecule has 2 aliphatic heterocycles. The van der Waals surface area contributed by atoms with Crippen LogP contribution in [0.4, 0.5) is 11.4 Å². The lowest BCUT2D eigenvalue weighted by Crippen LogP contribution is -2.78. The molecule has 0 radical (unpaired) electrons. The van der Waals surface area contributed by atoms with Crippen molar-refractivity contribution < 1.29 is 5.32 Å². The molecule has 0 saturated carbocycles. The summed E-state index contributed by atoms with van der Waals surface area (Å²) >= 11 is 0. The highest BCUT2D eigenvalue weighted by Gasteiger charge is 2.25. The Labute approximate surface area is 189 Å². The van der Waals surface area contributed by atoms with Crippen molar-refractivity contribution in [3.05, 3.63) is 64.7 Å². The predicted octanol–water partition coefficient (Wildman–Crippen LogP) is 6.01. The van der Waals surface area contributed by atoms with Crippen molar-refractivity contribution in [2.45, 2.75) is 71.6 Å². The van der Waals surface area contributed by atoms with Gasteiger partial charge in [-0.15, -0.1) is 0 Å². The highest BCUT2D eigenvalue weighted by atomic mass is 15.1. The average molecular weight is 418 g/mol. The van der Waals surface area contributed by atoms with Crippen molar-refractivity contribution in [2.24, 2.45) is 5.92 Å². The van der Waals surface area contributed by atoms with Crippen LogP contribution in [0.3, 0.4) is 0 Å². The molecule has 31 heavy (non-hydrogen) atoms. The average Bonchev–Trinajstić information content (AvgIpc) is 2.74. The van der Waals surface area contributed by atoms with Gasteiger partial charge in [-0.25, -0.2) is 0 Å². The number of hydrogen-bond acceptors (Lipinski definition) is 1. The van der Waals surface area contributed by atoms with E-state index in [1.165, 1.54) is 62.0 Å². The lowest BCUT2D eigenvalue weighted by Gasteiger charge is -2.37. The minimum atomic E-state index is 0.126. The third kappa shape index (κ3) is 5.23. The maximum atomic E-state index is 2.63. The first-order valence-corrected chi connectivity index (χ1v) is 12.4. The minimum Gasteiger partial charge on any atom is -0.371 e. The molecule has 0 fully saturated rings. The molecule has 0 aliphatic carbocycles. The number of para-hydroxylation sites is 1. The fourth-order valence-electron chi connectivity index (χ4n) is 5.39. The van der Waals surface area contributed by atoms with Crippen LogP contribution in [-0.4, -0.2) is 19.6 Å². The largest absolute Gasteiger partial charge is 0.371 e. The standard InChI is InChI=1S/C29H40N2/c1-22(2)15-17-30-27-14-6-5-13-26(27)29(3,4)16-7-10-23-20-24-11-8-18-31-19-9-12-25(21-23)28(24)31/h5-7,10,13-14,20-22,30H,8-9,11-12,15-19H2,1-4H3/p+1/b10-7+. The molecule has 0 unspecified atom stereocenters. The molecule has 2 heteroatoms. The molecule has 2 aromatic rings. The molecular weight excluding hydrogens is 376 g/mol. The zero-order chi connectivity index (χ0) is 21.8. The van der Waals surface area contributed by atoms with Gasteiger partial charge in [0, 0.05) is 24.3 Å². The summed E-state index contributed by atoms with van der Waals surface area (Å²) in [5.41, 5.74) is 9.13. The number of rotatable bonds is 8. The topological polar surface area (TPSA) is 19.9 Å². The lowest BCUT2D eigenvalue weighted by molar-refractivity contribution is -0.573. The second kappa shape index (κ2) is 9.61. The van der Waals surface area contributed by atoms with Crippen molar-refractivity contribution in [3.63, 3.8) is 0 Å². The summed E-state index contributed by atoms with van der Waals surface area (Å²) in [5, 5.41) is 2.45. The van der Waals surface area contributed by atoms with Crippen LogP contribution < -0.4 is 10.2 Å². The normalized spacial score (nSPS) is 16.2. The van der Waals surface area contributed by atoms with Crippen molar-refractivity contribution >= 4 is 17.5 Å². The monoisotopic (exact) mass is 417 g/mol. The molecule has 0 bridgehead atoms. The summed E-state index contributed by atoms with van der Waals surface area (Å²) < 4.78 is 0. The first-order valence-electron chi connectivity index (χ1n) is 12.4. The van der Waals surface area contributed by atoms with E-state index in [1.807, 2.05) is 0 Å². The SMILES string of the molecule is CC(C)CC[NH2+]c1ccccc1C(C)(C)C/C=C/c1cc2c3c(c1)CCCN3CCC2. The van der Waals surface area contributed by atoms with Crippen LogP contribution >= 0.6 is 0 Å². The number of aryl methyl sites for hydroxylation is 2. The third-order valence-corrected chi connectivity index (χ3v) is 7.09. The summed E-state index contributed by atoms with van der Waals surface area (Å²) in [6.07, 6.45) is 12.2. The Hall–Kier alpha value is -2.06. The Morgan fingerprint density at radius 1 is 1.03 bits per heavy atom. The molecule has 0 atom stereocenters. The van der Waals surface area contributed by atoms with E-state index in [1.54, 1.807) is 16.8 Å². The van der Waals surface area contributed by atoms with E-state index in [0.29, 0.717) is 0 Å². The highest BCUT2D eigenvalue weighted by Crippen LogP contribution is 2.37. The lowest BCUT2D eigenvalue weighted by atomic mass is 9.80. The van der Waals surface area contributed by atoms with E-state index in [2.05, 4.69) is 86.5 Å². The maximum absolute atomic E-state index is 2.63. The molecule has 0 spiro atoms. The van der Waals surface area contributed by atoms with Gasteiger partial charge in [-0.05, 0) is 84.7 Å². The molecule has 2 aromatic carbocycles. The number of nitrogens with zero attached hydrogens (tertiary/aromatic N) is 1. The van der Waals surface area contributed by atoms with Gasteiger partial charge in [0.05, 0.1) is 6.54 Å². The number of hydrogen-bond donors (Lipinski definition) is 1. The summed E-state index contributed by atoms with van der Waals surface area (Å²) in [6, 6.07) is 13.9. The summed E-state index contributed by atoms with van der Waals surface area (Å²) in [7, 11) is 0. The summed E-state index contributed by atoms with van der Waals surface area (Å²) in [4.78, 5) is 2.63. The Kier molecular flexibility index (Phi) is 6.86. The molecule has 166 valence electrons. The molecule has 4 rings (SSSR count). The maximum Gasteiger partial charge on any atom is 0.133 e. The quantitative estimate of drug-likeness (QED) is 0.522. The third-order valence-electron chi connectivity index (χ3n) is 7.09. The Morgan fingerprint density at radius 3 is 2.39 bits per heavy atom. The first kappa shape index (κ1) is 22.1. The van der Waals surface area contributed by atoms with Gasteiger partial charge in [0.25, 0.3) is 0 Å². The number of anilines is 1.